The van der Waals surface area contributed by atoms with Crippen LogP contribution in [0.5, 0.6) is 0 Å². The van der Waals surface area contributed by atoms with Crippen LogP contribution in [0.25, 0.3) is 0 Å². The molecule has 2 aromatic rings. The Balaban J connectivity index is 1.87. The lowest BCUT2D eigenvalue weighted by Crippen LogP contribution is -2.48. The van der Waals surface area contributed by atoms with E-state index in [1.54, 1.807) is 6.20 Å². The summed E-state index contributed by atoms with van der Waals surface area (Å²) in [5.74, 6) is 0.445. The zero-order valence-electron chi connectivity index (χ0n) is 13.8. The third-order valence-corrected chi connectivity index (χ3v) is 4.61. The molecule has 0 bridgehead atoms. The number of amides is 1. The minimum atomic E-state index is -0.533. The molecule has 3 rings (SSSR count). The molecule has 1 aliphatic rings. The molecule has 8 nitrogen and oxygen atoms in total. The first-order valence-electron chi connectivity index (χ1n) is 8.14. The maximum atomic E-state index is 12.8. The van der Waals surface area contributed by atoms with Crippen molar-refractivity contribution in [1.29, 1.82) is 0 Å². The van der Waals surface area contributed by atoms with Crippen molar-refractivity contribution < 1.29 is 4.79 Å². The lowest BCUT2D eigenvalue weighted by molar-refractivity contribution is 0.0857. The molecular formula is C15H23N7O. The number of nitrogens with zero attached hydrogens (tertiary/aromatic N) is 5. The second-order valence-electron chi connectivity index (χ2n) is 6.51. The number of hydrogen-bond acceptors (Lipinski definition) is 5. The Morgan fingerprint density at radius 1 is 1.35 bits per heavy atom. The van der Waals surface area contributed by atoms with Crippen molar-refractivity contribution in [2.45, 2.75) is 64.5 Å². The molecule has 0 saturated heterocycles. The summed E-state index contributed by atoms with van der Waals surface area (Å²) in [4.78, 5) is 12.8. The molecule has 23 heavy (non-hydrogen) atoms. The molecule has 0 radical (unpaired) electrons. The highest BCUT2D eigenvalue weighted by atomic mass is 16.1. The van der Waals surface area contributed by atoms with Crippen LogP contribution >= 0.6 is 0 Å². The van der Waals surface area contributed by atoms with Crippen molar-refractivity contribution in [2.24, 2.45) is 0 Å². The van der Waals surface area contributed by atoms with Gasteiger partial charge in [-0.2, -0.15) is 10.3 Å². The van der Waals surface area contributed by atoms with Crippen LogP contribution in [-0.2, 0) is 5.54 Å². The number of aromatic nitrogens is 6. The first-order valence-corrected chi connectivity index (χ1v) is 8.14. The van der Waals surface area contributed by atoms with Crippen molar-refractivity contribution in [3.8, 4) is 0 Å². The van der Waals surface area contributed by atoms with Crippen LogP contribution in [0.1, 0.15) is 73.9 Å². The average molecular weight is 317 g/mol. The Bertz CT molecular complexity index is 668. The van der Waals surface area contributed by atoms with Crippen molar-refractivity contribution in [2.75, 3.05) is 0 Å². The number of hydrogen-bond donors (Lipinski definition) is 2. The van der Waals surface area contributed by atoms with E-state index in [-0.39, 0.29) is 11.9 Å². The molecule has 1 saturated carbocycles. The second kappa shape index (κ2) is 6.10. The highest BCUT2D eigenvalue weighted by molar-refractivity contribution is 5.95. The van der Waals surface area contributed by atoms with Gasteiger partial charge in [0, 0.05) is 11.7 Å². The van der Waals surface area contributed by atoms with Crippen molar-refractivity contribution in [3.05, 3.63) is 23.3 Å². The van der Waals surface area contributed by atoms with Crippen LogP contribution in [0.3, 0.4) is 0 Å². The van der Waals surface area contributed by atoms with Crippen LogP contribution in [0.15, 0.2) is 6.20 Å². The lowest BCUT2D eigenvalue weighted by atomic mass is 9.81. The van der Waals surface area contributed by atoms with E-state index in [1.807, 2.05) is 25.5 Å². The van der Waals surface area contributed by atoms with Crippen molar-refractivity contribution >= 4 is 5.91 Å². The first-order chi connectivity index (χ1) is 11.0. The number of rotatable bonds is 4. The Hall–Kier alpha value is -2.25. The fourth-order valence-corrected chi connectivity index (χ4v) is 3.38. The average Bonchev–Trinajstić information content (AvgIpc) is 3.17. The van der Waals surface area contributed by atoms with Gasteiger partial charge in [0.15, 0.2) is 5.82 Å². The second-order valence-corrected chi connectivity index (χ2v) is 6.51. The molecule has 2 heterocycles. The van der Waals surface area contributed by atoms with E-state index in [4.69, 9.17) is 0 Å². The van der Waals surface area contributed by atoms with Crippen LogP contribution in [0.4, 0.5) is 0 Å². The number of nitrogens with one attached hydrogen (secondary N) is 2. The third kappa shape index (κ3) is 2.85. The van der Waals surface area contributed by atoms with Crippen LogP contribution in [0, 0.1) is 6.92 Å². The standard InChI is InChI=1S/C15H23N7O/c1-10(2)22-11(3)12(9-16-22)13(23)17-15(7-5-4-6-8-15)14-18-20-21-19-14/h9-10H,4-8H2,1-3H3,(H,17,23)(H,18,19,20,21). The summed E-state index contributed by atoms with van der Waals surface area (Å²) < 4.78 is 1.86. The SMILES string of the molecule is Cc1c(C(=O)NC2(c3nn[nH]n3)CCCCC2)cnn1C(C)C. The van der Waals surface area contributed by atoms with Gasteiger partial charge in [0.2, 0.25) is 0 Å². The molecule has 124 valence electrons. The van der Waals surface area contributed by atoms with E-state index in [0.29, 0.717) is 11.4 Å². The van der Waals surface area contributed by atoms with Gasteiger partial charge in [-0.25, -0.2) is 0 Å². The molecule has 0 spiro atoms. The Kier molecular flexibility index (Phi) is 4.14. The number of aromatic amines is 1. The van der Waals surface area contributed by atoms with Gasteiger partial charge in [-0.1, -0.05) is 24.5 Å². The van der Waals surface area contributed by atoms with Gasteiger partial charge in [-0.15, -0.1) is 10.2 Å². The quantitative estimate of drug-likeness (QED) is 0.896. The van der Waals surface area contributed by atoms with E-state index in [9.17, 15) is 4.79 Å². The third-order valence-electron chi connectivity index (χ3n) is 4.61. The number of H-pyrrole nitrogens is 1. The summed E-state index contributed by atoms with van der Waals surface area (Å²) in [5.41, 5.74) is 0.943. The van der Waals surface area contributed by atoms with E-state index in [2.05, 4.69) is 31.0 Å². The number of carbonyl (C=O) groups excluding carboxylic acids is 1. The molecule has 1 fully saturated rings. The summed E-state index contributed by atoms with van der Waals surface area (Å²) in [6, 6.07) is 0.220. The molecule has 1 aliphatic carbocycles. The Morgan fingerprint density at radius 3 is 2.65 bits per heavy atom. The first kappa shape index (κ1) is 15.6. The largest absolute Gasteiger partial charge is 0.339 e. The van der Waals surface area contributed by atoms with Gasteiger partial charge in [0.1, 0.15) is 5.54 Å². The van der Waals surface area contributed by atoms with E-state index in [0.717, 1.165) is 31.4 Å². The zero-order chi connectivity index (χ0) is 16.4. The van der Waals surface area contributed by atoms with E-state index < -0.39 is 5.54 Å². The predicted octanol–water partition coefficient (Wildman–Crippen LogP) is 1.87. The summed E-state index contributed by atoms with van der Waals surface area (Å²) in [5, 5.41) is 21.9. The molecule has 0 unspecified atom stereocenters. The van der Waals surface area contributed by atoms with Gasteiger partial charge in [0.25, 0.3) is 5.91 Å². The summed E-state index contributed by atoms with van der Waals surface area (Å²) in [7, 11) is 0. The zero-order valence-corrected chi connectivity index (χ0v) is 13.8. The minimum Gasteiger partial charge on any atom is -0.339 e. The number of carbonyl (C=O) groups is 1. The molecular weight excluding hydrogens is 294 g/mol. The highest BCUT2D eigenvalue weighted by Gasteiger charge is 2.39. The van der Waals surface area contributed by atoms with Gasteiger partial charge in [-0.3, -0.25) is 9.48 Å². The van der Waals surface area contributed by atoms with Crippen LogP contribution in [0.2, 0.25) is 0 Å². The van der Waals surface area contributed by atoms with Crippen LogP contribution < -0.4 is 5.32 Å². The normalized spacial score (nSPS) is 17.4. The fourth-order valence-electron chi connectivity index (χ4n) is 3.38. The lowest BCUT2D eigenvalue weighted by Gasteiger charge is -2.35. The van der Waals surface area contributed by atoms with Crippen molar-refractivity contribution in [3.63, 3.8) is 0 Å². The topological polar surface area (TPSA) is 101 Å². The van der Waals surface area contributed by atoms with E-state index in [1.165, 1.54) is 6.42 Å². The fraction of sp³-hybridized carbons (Fsp3) is 0.667. The molecule has 0 aromatic carbocycles. The van der Waals surface area contributed by atoms with Crippen LogP contribution in [-0.4, -0.2) is 36.3 Å². The summed E-state index contributed by atoms with van der Waals surface area (Å²) >= 11 is 0. The predicted molar refractivity (Wildman–Crippen MR) is 83.8 cm³/mol. The monoisotopic (exact) mass is 317 g/mol. The summed E-state index contributed by atoms with van der Waals surface area (Å²) in [6.07, 6.45) is 6.54. The molecule has 0 atom stereocenters. The van der Waals surface area contributed by atoms with Gasteiger partial charge >= 0.3 is 0 Å². The minimum absolute atomic E-state index is 0.124. The van der Waals surface area contributed by atoms with E-state index >= 15 is 0 Å². The number of tetrazole rings is 1. The maximum Gasteiger partial charge on any atom is 0.255 e. The van der Waals surface area contributed by atoms with Crippen molar-refractivity contribution in [1.82, 2.24) is 35.7 Å². The molecule has 0 aliphatic heterocycles. The highest BCUT2D eigenvalue weighted by Crippen LogP contribution is 2.35. The Morgan fingerprint density at radius 2 is 2.09 bits per heavy atom. The molecule has 2 aromatic heterocycles. The Labute approximate surface area is 135 Å². The smallest absolute Gasteiger partial charge is 0.255 e. The van der Waals surface area contributed by atoms with Gasteiger partial charge in [-0.05, 0) is 33.6 Å². The molecule has 2 N–H and O–H groups in total. The maximum absolute atomic E-state index is 12.8. The van der Waals surface area contributed by atoms with Gasteiger partial charge in [0.05, 0.1) is 11.8 Å². The molecule has 1 amide bonds. The molecule has 8 heteroatoms. The van der Waals surface area contributed by atoms with Gasteiger partial charge < -0.3 is 5.32 Å². The summed E-state index contributed by atoms with van der Waals surface area (Å²) in [6.45, 7) is 6.01.